The highest BCUT2D eigenvalue weighted by molar-refractivity contribution is 8.04. The molecule has 2 aromatic rings. The minimum Gasteiger partial charge on any atom is -0.329 e. The molecular formula is C31H36F3N7O2S. The van der Waals surface area contributed by atoms with Crippen molar-refractivity contribution < 1.29 is 22.8 Å². The number of carbonyl (C=O) groups is 2. The van der Waals surface area contributed by atoms with Crippen LogP contribution in [-0.4, -0.2) is 36.0 Å². The number of amides is 3. The largest absolute Gasteiger partial charge is 0.446 e. The lowest BCUT2D eigenvalue weighted by molar-refractivity contribution is -0.0321. The Morgan fingerprint density at radius 2 is 1.75 bits per heavy atom. The zero-order valence-corrected chi connectivity index (χ0v) is 25.4. The maximum atomic E-state index is 13.8. The first-order chi connectivity index (χ1) is 21.0. The van der Waals surface area contributed by atoms with Gasteiger partial charge in [-0.2, -0.15) is 13.2 Å². The van der Waals surface area contributed by atoms with Gasteiger partial charge in [-0.05, 0) is 85.3 Å². The van der Waals surface area contributed by atoms with Crippen LogP contribution in [0.1, 0.15) is 72.9 Å². The van der Waals surface area contributed by atoms with Crippen molar-refractivity contribution in [3.8, 4) is 0 Å². The van der Waals surface area contributed by atoms with Crippen LogP contribution >= 0.6 is 11.8 Å². The Labute approximate surface area is 258 Å². The number of hydrogen-bond donors (Lipinski definition) is 4. The minimum atomic E-state index is -4.44. The maximum absolute atomic E-state index is 13.8. The number of nitrogens with zero attached hydrogens (tertiary/aromatic N) is 3. The summed E-state index contributed by atoms with van der Waals surface area (Å²) in [5.41, 5.74) is 6.99. The fourth-order valence-corrected chi connectivity index (χ4v) is 6.13. The van der Waals surface area contributed by atoms with Crippen molar-refractivity contribution in [2.45, 2.75) is 69.0 Å². The van der Waals surface area contributed by atoms with Gasteiger partial charge in [0.1, 0.15) is 0 Å². The van der Waals surface area contributed by atoms with Gasteiger partial charge in [0.05, 0.1) is 12.1 Å². The number of carbonyl (C=O) groups excluding carboxylic acids is 2. The van der Waals surface area contributed by atoms with Crippen molar-refractivity contribution in [1.82, 2.24) is 16.1 Å². The molecule has 0 radical (unpaired) electrons. The summed E-state index contributed by atoms with van der Waals surface area (Å²) in [6, 6.07) is 14.0. The van der Waals surface area contributed by atoms with Gasteiger partial charge in [-0.1, -0.05) is 55.7 Å². The van der Waals surface area contributed by atoms with Gasteiger partial charge < -0.3 is 10.7 Å². The molecule has 9 nitrogen and oxygen atoms in total. The van der Waals surface area contributed by atoms with Crippen LogP contribution in [0.5, 0.6) is 0 Å². The summed E-state index contributed by atoms with van der Waals surface area (Å²) in [4.78, 5) is 27.9. The van der Waals surface area contributed by atoms with Gasteiger partial charge in [0.2, 0.25) is 0 Å². The molecule has 234 valence electrons. The number of anilines is 1. The highest BCUT2D eigenvalue weighted by Crippen LogP contribution is 2.40. The lowest BCUT2D eigenvalue weighted by Gasteiger charge is -2.33. The molecule has 0 bridgehead atoms. The van der Waals surface area contributed by atoms with Gasteiger partial charge in [-0.3, -0.25) is 15.0 Å². The predicted molar refractivity (Wildman–Crippen MR) is 166 cm³/mol. The summed E-state index contributed by atoms with van der Waals surface area (Å²) < 4.78 is 39.2. The third kappa shape index (κ3) is 9.18. The fourth-order valence-electron chi connectivity index (χ4n) is 5.38. The minimum absolute atomic E-state index is 0.0185. The summed E-state index contributed by atoms with van der Waals surface area (Å²) in [7, 11) is 1.51. The van der Waals surface area contributed by atoms with Gasteiger partial charge >= 0.3 is 11.5 Å². The number of halogens is 3. The van der Waals surface area contributed by atoms with Gasteiger partial charge in [0, 0.05) is 23.2 Å². The van der Waals surface area contributed by atoms with E-state index in [1.807, 2.05) is 24.3 Å². The van der Waals surface area contributed by atoms with Crippen LogP contribution in [0, 0.1) is 5.53 Å². The van der Waals surface area contributed by atoms with Crippen molar-refractivity contribution in [2.75, 3.05) is 11.9 Å². The van der Waals surface area contributed by atoms with Crippen LogP contribution in [0.25, 0.3) is 0 Å². The number of benzene rings is 2. The number of alkyl halides is 3. The monoisotopic (exact) mass is 627 g/mol. The lowest BCUT2D eigenvalue weighted by atomic mass is 9.84. The molecule has 44 heavy (non-hydrogen) atoms. The first-order valence-corrected chi connectivity index (χ1v) is 15.2. The van der Waals surface area contributed by atoms with E-state index in [0.29, 0.717) is 23.6 Å². The van der Waals surface area contributed by atoms with Crippen LogP contribution in [-0.2, 0) is 6.54 Å². The highest BCUT2D eigenvalue weighted by atomic mass is 32.2. The predicted octanol–water partition coefficient (Wildman–Crippen LogP) is 7.56. The average molecular weight is 628 g/mol. The molecule has 13 heteroatoms. The zero-order chi connectivity index (χ0) is 31.7. The van der Waals surface area contributed by atoms with E-state index in [-0.39, 0.29) is 29.2 Å². The molecule has 3 amide bonds. The highest BCUT2D eigenvalue weighted by Gasteiger charge is 2.34. The van der Waals surface area contributed by atoms with E-state index in [9.17, 15) is 22.8 Å². The first-order valence-electron chi connectivity index (χ1n) is 14.4. The van der Waals surface area contributed by atoms with Crippen molar-refractivity contribution >= 4 is 35.3 Å². The maximum Gasteiger partial charge on any atom is 0.446 e. The van der Waals surface area contributed by atoms with Crippen molar-refractivity contribution in [2.24, 2.45) is 10.2 Å². The van der Waals surface area contributed by atoms with E-state index >= 15 is 0 Å². The normalized spacial score (nSPS) is 19.1. The molecule has 0 aromatic heterocycles. The second kappa shape index (κ2) is 14.6. The second-order valence-corrected chi connectivity index (χ2v) is 12.1. The van der Waals surface area contributed by atoms with Crippen LogP contribution < -0.4 is 21.0 Å². The van der Waals surface area contributed by atoms with Crippen LogP contribution in [0.4, 0.5) is 23.7 Å². The van der Waals surface area contributed by atoms with E-state index in [1.165, 1.54) is 44.0 Å². The molecule has 1 fully saturated rings. The van der Waals surface area contributed by atoms with Crippen molar-refractivity contribution in [3.63, 3.8) is 0 Å². The standard InChI is InChI=1S/C31H36F3N7O2S/c1-30(18-6-9-26(19-30)44-31(32,33)34)38-29(43)41(25-16-14-23(15-17-25)22-7-4-3-5-8-22)20-21-10-12-24(13-11-21)27(42)37-28(39-35)40-36-2/h6,9-17,19,22,35-36H,3-5,7-8,18,20H2,1-2H3,(H,38,43)(H,37,40,42). The summed E-state index contributed by atoms with van der Waals surface area (Å²) in [6.07, 6.45) is 10.7. The summed E-state index contributed by atoms with van der Waals surface area (Å²) >= 11 is -0.210. The van der Waals surface area contributed by atoms with E-state index in [0.717, 1.165) is 18.4 Å². The molecule has 2 aliphatic rings. The number of rotatable bonds is 8. The number of allylic oxidation sites excluding steroid dienone is 1. The molecule has 0 spiro atoms. The summed E-state index contributed by atoms with van der Waals surface area (Å²) in [5.74, 6) is -0.215. The molecule has 4 N–H and O–H groups in total. The topological polar surface area (TPSA) is 122 Å². The number of hydrazone groups is 1. The van der Waals surface area contributed by atoms with Gasteiger partial charge in [-0.25, -0.2) is 10.3 Å². The molecule has 2 aliphatic carbocycles. The lowest BCUT2D eigenvalue weighted by Crippen LogP contribution is -2.51. The van der Waals surface area contributed by atoms with Crippen molar-refractivity contribution in [1.29, 1.82) is 5.53 Å². The number of nitrogens with one attached hydrogen (secondary N) is 4. The number of thioether (sulfide) groups is 1. The van der Waals surface area contributed by atoms with Crippen LogP contribution in [0.15, 0.2) is 81.9 Å². The Bertz CT molecular complexity index is 1420. The van der Waals surface area contributed by atoms with Crippen LogP contribution in [0.3, 0.4) is 0 Å². The quantitative estimate of drug-likeness (QED) is 0.104. The van der Waals surface area contributed by atoms with E-state index < -0.39 is 23.0 Å². The Balaban J connectivity index is 1.56. The molecule has 0 heterocycles. The molecule has 0 aliphatic heterocycles. The fraction of sp³-hybridized carbons (Fsp3) is 0.387. The molecular weight excluding hydrogens is 591 g/mol. The molecule has 1 unspecified atom stereocenters. The zero-order valence-electron chi connectivity index (χ0n) is 24.6. The molecule has 0 saturated heterocycles. The number of hydrogen-bond acceptors (Lipinski definition) is 6. The Kier molecular flexibility index (Phi) is 10.8. The smallest absolute Gasteiger partial charge is 0.329 e. The van der Waals surface area contributed by atoms with E-state index in [2.05, 4.69) is 26.3 Å². The summed E-state index contributed by atoms with van der Waals surface area (Å²) in [5, 5.41) is 12.2. The molecule has 1 saturated carbocycles. The van der Waals surface area contributed by atoms with Gasteiger partial charge in [-0.15, -0.1) is 10.2 Å². The number of guanidine groups is 1. The van der Waals surface area contributed by atoms with E-state index in [1.54, 1.807) is 42.2 Å². The third-order valence-corrected chi connectivity index (χ3v) is 8.26. The first kappa shape index (κ1) is 32.8. The SMILES string of the molecule is CN/N=C(\N=N)NC(=O)c1ccc(CN(C(=O)NC2(C)C=C(SC(F)(F)F)C=CC2)c2ccc(C3CCCCC3)cc2)cc1. The molecule has 4 rings (SSSR count). The third-order valence-electron chi connectivity index (χ3n) is 7.54. The summed E-state index contributed by atoms with van der Waals surface area (Å²) in [6.45, 7) is 1.84. The van der Waals surface area contributed by atoms with Crippen molar-refractivity contribution in [3.05, 3.63) is 88.4 Å². The Morgan fingerprint density at radius 3 is 2.36 bits per heavy atom. The Morgan fingerprint density at radius 1 is 1.07 bits per heavy atom. The second-order valence-electron chi connectivity index (χ2n) is 11.0. The van der Waals surface area contributed by atoms with Crippen LogP contribution in [0.2, 0.25) is 0 Å². The molecule has 2 aromatic carbocycles. The van der Waals surface area contributed by atoms with E-state index in [4.69, 9.17) is 5.53 Å². The van der Waals surface area contributed by atoms with Gasteiger partial charge in [0.25, 0.3) is 11.9 Å². The number of urea groups is 1. The average Bonchev–Trinajstić information content (AvgIpc) is 2.99. The Hall–Kier alpha value is -4.13. The van der Waals surface area contributed by atoms with Gasteiger partial charge in [0.15, 0.2) is 0 Å². The molecule has 1 atom stereocenters.